The summed E-state index contributed by atoms with van der Waals surface area (Å²) in [7, 11) is 0. The Labute approximate surface area is 81.6 Å². The Hall–Kier alpha value is -1.86. The predicted molar refractivity (Wildman–Crippen MR) is 42.4 cm³/mol. The Morgan fingerprint density at radius 3 is 2.67 bits per heavy atom. The van der Waals surface area contributed by atoms with E-state index < -0.39 is 23.4 Å². The Balaban J connectivity index is 2.70. The standard InChI is InChI=1S/C7H5F3N2O3/c8-7(9,10)4-15-6-1-5(12(13)14)2-11-3-6/h1-3H,4H2. The molecule has 1 rings (SSSR count). The predicted octanol–water partition coefficient (Wildman–Crippen LogP) is 1.93. The lowest BCUT2D eigenvalue weighted by Crippen LogP contribution is -2.19. The third kappa shape index (κ3) is 3.79. The van der Waals surface area contributed by atoms with Crippen LogP contribution in [-0.2, 0) is 0 Å². The highest BCUT2D eigenvalue weighted by Crippen LogP contribution is 2.20. The maximum Gasteiger partial charge on any atom is 0.422 e. The van der Waals surface area contributed by atoms with E-state index in [0.29, 0.717) is 0 Å². The first-order chi connectivity index (χ1) is 6.88. The van der Waals surface area contributed by atoms with E-state index in [9.17, 15) is 23.3 Å². The lowest BCUT2D eigenvalue weighted by atomic mass is 10.4. The van der Waals surface area contributed by atoms with Gasteiger partial charge in [-0.1, -0.05) is 0 Å². The molecule has 0 amide bonds. The van der Waals surface area contributed by atoms with Crippen molar-refractivity contribution >= 4 is 5.69 Å². The van der Waals surface area contributed by atoms with Crippen LogP contribution in [0.15, 0.2) is 18.5 Å². The van der Waals surface area contributed by atoms with Gasteiger partial charge in [-0.25, -0.2) is 0 Å². The number of ether oxygens (including phenoxy) is 1. The van der Waals surface area contributed by atoms with Crippen molar-refractivity contribution in [3.8, 4) is 5.75 Å². The largest absolute Gasteiger partial charge is 0.482 e. The molecule has 8 heteroatoms. The molecular weight excluding hydrogens is 217 g/mol. The molecule has 0 bridgehead atoms. The summed E-state index contributed by atoms with van der Waals surface area (Å²) < 4.78 is 39.4. The topological polar surface area (TPSA) is 65.3 Å². The summed E-state index contributed by atoms with van der Waals surface area (Å²) in [5, 5.41) is 10.2. The molecule has 0 atom stereocenters. The van der Waals surface area contributed by atoms with Gasteiger partial charge in [-0.15, -0.1) is 0 Å². The monoisotopic (exact) mass is 222 g/mol. The molecule has 5 nitrogen and oxygen atoms in total. The zero-order valence-corrected chi connectivity index (χ0v) is 7.19. The van der Waals surface area contributed by atoms with Gasteiger partial charge in [0.05, 0.1) is 17.2 Å². The van der Waals surface area contributed by atoms with Gasteiger partial charge in [-0.2, -0.15) is 13.2 Å². The number of hydrogen-bond acceptors (Lipinski definition) is 4. The summed E-state index contributed by atoms with van der Waals surface area (Å²) in [6, 6.07) is 0.874. The van der Waals surface area contributed by atoms with Crippen molar-refractivity contribution in [3.63, 3.8) is 0 Å². The molecule has 0 aromatic carbocycles. The van der Waals surface area contributed by atoms with Crippen LogP contribution in [0.3, 0.4) is 0 Å². The van der Waals surface area contributed by atoms with Gasteiger partial charge in [-0.3, -0.25) is 15.1 Å². The maximum atomic E-state index is 11.7. The summed E-state index contributed by atoms with van der Waals surface area (Å²) in [6.07, 6.45) is -2.59. The van der Waals surface area contributed by atoms with E-state index in [-0.39, 0.29) is 5.75 Å². The molecule has 0 aliphatic carbocycles. The van der Waals surface area contributed by atoms with Crippen LogP contribution >= 0.6 is 0 Å². The molecule has 1 aromatic rings. The first-order valence-corrected chi connectivity index (χ1v) is 3.67. The number of pyridine rings is 1. The second kappa shape index (κ2) is 4.11. The smallest absolute Gasteiger partial charge is 0.422 e. The zero-order chi connectivity index (χ0) is 11.5. The minimum absolute atomic E-state index is 0.290. The van der Waals surface area contributed by atoms with Crippen molar-refractivity contribution < 1.29 is 22.8 Å². The fourth-order valence-electron chi connectivity index (χ4n) is 0.751. The van der Waals surface area contributed by atoms with Crippen LogP contribution in [0.5, 0.6) is 5.75 Å². The number of aromatic nitrogens is 1. The summed E-state index contributed by atoms with van der Waals surface area (Å²) in [5.74, 6) is -0.290. The maximum absolute atomic E-state index is 11.7. The summed E-state index contributed by atoms with van der Waals surface area (Å²) in [6.45, 7) is -1.50. The fraction of sp³-hybridized carbons (Fsp3) is 0.286. The van der Waals surface area contributed by atoms with E-state index in [2.05, 4.69) is 9.72 Å². The molecule has 0 aliphatic rings. The lowest BCUT2D eigenvalue weighted by Gasteiger charge is -2.07. The number of nitrogens with zero attached hydrogens (tertiary/aromatic N) is 2. The van der Waals surface area contributed by atoms with Crippen molar-refractivity contribution in [1.82, 2.24) is 4.98 Å². The number of alkyl halides is 3. The molecule has 82 valence electrons. The molecule has 0 unspecified atom stereocenters. The quantitative estimate of drug-likeness (QED) is 0.578. The third-order valence-corrected chi connectivity index (χ3v) is 1.31. The van der Waals surface area contributed by atoms with Crippen LogP contribution in [0.4, 0.5) is 18.9 Å². The van der Waals surface area contributed by atoms with Gasteiger partial charge in [0, 0.05) is 0 Å². The number of rotatable bonds is 3. The van der Waals surface area contributed by atoms with Gasteiger partial charge in [0.2, 0.25) is 0 Å². The van der Waals surface area contributed by atoms with E-state index >= 15 is 0 Å². The van der Waals surface area contributed by atoms with Crippen molar-refractivity contribution in [3.05, 3.63) is 28.6 Å². The molecule has 0 radical (unpaired) electrons. The van der Waals surface area contributed by atoms with Gasteiger partial charge in [-0.05, 0) is 0 Å². The second-order valence-corrected chi connectivity index (χ2v) is 2.54. The molecule has 15 heavy (non-hydrogen) atoms. The van der Waals surface area contributed by atoms with E-state index in [1.807, 2.05) is 0 Å². The van der Waals surface area contributed by atoms with Crippen LogP contribution in [0.25, 0.3) is 0 Å². The van der Waals surface area contributed by atoms with Crippen LogP contribution in [0, 0.1) is 10.1 Å². The Morgan fingerprint density at radius 1 is 1.47 bits per heavy atom. The first kappa shape index (κ1) is 11.2. The average molecular weight is 222 g/mol. The summed E-state index contributed by atoms with van der Waals surface area (Å²) in [4.78, 5) is 12.8. The highest BCUT2D eigenvalue weighted by molar-refractivity contribution is 5.33. The second-order valence-electron chi connectivity index (χ2n) is 2.54. The number of hydrogen-bond donors (Lipinski definition) is 0. The van der Waals surface area contributed by atoms with Crippen LogP contribution in [0.1, 0.15) is 0 Å². The Kier molecular flexibility index (Phi) is 3.08. The molecule has 0 saturated heterocycles. The number of nitro groups is 1. The van der Waals surface area contributed by atoms with Crippen LogP contribution in [-0.4, -0.2) is 22.7 Å². The lowest BCUT2D eigenvalue weighted by molar-refractivity contribution is -0.385. The van der Waals surface area contributed by atoms with Crippen LogP contribution < -0.4 is 4.74 Å². The van der Waals surface area contributed by atoms with E-state index in [1.54, 1.807) is 0 Å². The van der Waals surface area contributed by atoms with Gasteiger partial charge in [0.15, 0.2) is 6.61 Å². The minimum Gasteiger partial charge on any atom is -0.482 e. The number of halogens is 3. The zero-order valence-electron chi connectivity index (χ0n) is 7.19. The average Bonchev–Trinajstić information content (AvgIpc) is 2.14. The van der Waals surface area contributed by atoms with Crippen molar-refractivity contribution in [2.24, 2.45) is 0 Å². The van der Waals surface area contributed by atoms with Crippen molar-refractivity contribution in [1.29, 1.82) is 0 Å². The molecule has 1 aromatic heterocycles. The summed E-state index contributed by atoms with van der Waals surface area (Å²) >= 11 is 0. The SMILES string of the molecule is O=[N+]([O-])c1cncc(OCC(F)(F)F)c1. The molecule has 0 aliphatic heterocycles. The Bertz CT molecular complexity index is 367. The van der Waals surface area contributed by atoms with Gasteiger partial charge >= 0.3 is 6.18 Å². The normalized spacial score (nSPS) is 11.1. The van der Waals surface area contributed by atoms with E-state index in [0.717, 1.165) is 18.5 Å². The third-order valence-electron chi connectivity index (χ3n) is 1.31. The van der Waals surface area contributed by atoms with E-state index in [4.69, 9.17) is 0 Å². The molecule has 0 fully saturated rings. The molecular formula is C7H5F3N2O3. The Morgan fingerprint density at radius 2 is 2.13 bits per heavy atom. The van der Waals surface area contributed by atoms with E-state index in [1.165, 1.54) is 0 Å². The minimum atomic E-state index is -4.48. The van der Waals surface area contributed by atoms with Gasteiger partial charge in [0.1, 0.15) is 11.9 Å². The first-order valence-electron chi connectivity index (χ1n) is 3.67. The van der Waals surface area contributed by atoms with Crippen molar-refractivity contribution in [2.75, 3.05) is 6.61 Å². The van der Waals surface area contributed by atoms with Gasteiger partial charge < -0.3 is 4.74 Å². The molecule has 1 heterocycles. The molecule has 0 saturated carbocycles. The van der Waals surface area contributed by atoms with Crippen molar-refractivity contribution in [2.45, 2.75) is 6.18 Å². The highest BCUT2D eigenvalue weighted by Gasteiger charge is 2.28. The highest BCUT2D eigenvalue weighted by atomic mass is 19.4. The summed E-state index contributed by atoms with van der Waals surface area (Å²) in [5.41, 5.74) is -0.422. The molecule has 0 N–H and O–H groups in total. The van der Waals surface area contributed by atoms with Crippen LogP contribution in [0.2, 0.25) is 0 Å². The molecule has 0 spiro atoms. The van der Waals surface area contributed by atoms with Gasteiger partial charge in [0.25, 0.3) is 5.69 Å². The fourth-order valence-corrected chi connectivity index (χ4v) is 0.751.